The van der Waals surface area contributed by atoms with Crippen molar-refractivity contribution in [1.82, 2.24) is 14.9 Å². The van der Waals surface area contributed by atoms with E-state index in [0.29, 0.717) is 37.3 Å². The van der Waals surface area contributed by atoms with E-state index >= 15 is 0 Å². The van der Waals surface area contributed by atoms with E-state index in [9.17, 15) is 9.59 Å². The van der Waals surface area contributed by atoms with E-state index in [0.717, 1.165) is 36.9 Å². The first-order valence-electron chi connectivity index (χ1n) is 10.1. The second-order valence-electron chi connectivity index (χ2n) is 7.36. The third kappa shape index (κ3) is 4.65. The molecule has 1 aromatic carbocycles. The number of unbranched alkanes of at least 4 members (excludes halogenated alkanes) is 1. The Bertz CT molecular complexity index is 829. The highest BCUT2D eigenvalue weighted by Gasteiger charge is 2.28. The Balaban J connectivity index is 1.74. The van der Waals surface area contributed by atoms with Crippen molar-refractivity contribution in [3.8, 4) is 0 Å². The van der Waals surface area contributed by atoms with Gasteiger partial charge in [-0.3, -0.25) is 9.59 Å². The summed E-state index contributed by atoms with van der Waals surface area (Å²) >= 11 is 0. The minimum atomic E-state index is -0.106. The number of carbonyl (C=O) groups excluding carboxylic acids is 1. The zero-order chi connectivity index (χ0) is 19.2. The van der Waals surface area contributed by atoms with Crippen LogP contribution in [0.1, 0.15) is 62.2 Å². The number of carbonyl (C=O) groups is 1. The summed E-state index contributed by atoms with van der Waals surface area (Å²) in [5.41, 5.74) is 2.51. The van der Waals surface area contributed by atoms with E-state index in [-0.39, 0.29) is 17.4 Å². The van der Waals surface area contributed by atoms with Gasteiger partial charge in [-0.25, -0.2) is 4.98 Å². The Morgan fingerprint density at radius 1 is 1.26 bits per heavy atom. The molecule has 1 aliphatic heterocycles. The van der Waals surface area contributed by atoms with Crippen LogP contribution in [0.2, 0.25) is 0 Å². The van der Waals surface area contributed by atoms with Gasteiger partial charge in [0.15, 0.2) is 0 Å². The SMILES string of the molecule is CCCC[C@H](CC)C(=O)N1CCc2nc(Cc3ccccc3)[nH]c(=O)c2C1. The maximum absolute atomic E-state index is 12.9. The predicted molar refractivity (Wildman–Crippen MR) is 107 cm³/mol. The molecular formula is C22H29N3O2. The van der Waals surface area contributed by atoms with E-state index in [2.05, 4.69) is 23.8 Å². The number of rotatable bonds is 7. The molecule has 1 aromatic heterocycles. The van der Waals surface area contributed by atoms with Crippen LogP contribution in [-0.2, 0) is 24.2 Å². The fourth-order valence-corrected chi connectivity index (χ4v) is 3.75. The summed E-state index contributed by atoms with van der Waals surface area (Å²) in [6, 6.07) is 10.0. The fourth-order valence-electron chi connectivity index (χ4n) is 3.75. The van der Waals surface area contributed by atoms with Gasteiger partial charge in [0.2, 0.25) is 5.91 Å². The van der Waals surface area contributed by atoms with E-state index in [4.69, 9.17) is 0 Å². The van der Waals surface area contributed by atoms with Crippen molar-refractivity contribution in [2.75, 3.05) is 6.54 Å². The predicted octanol–water partition coefficient (Wildman–Crippen LogP) is 3.46. The first kappa shape index (κ1) is 19.3. The molecule has 5 nitrogen and oxygen atoms in total. The normalized spacial score (nSPS) is 14.7. The molecule has 0 saturated heterocycles. The van der Waals surface area contributed by atoms with Crippen molar-refractivity contribution >= 4 is 5.91 Å². The van der Waals surface area contributed by atoms with Crippen molar-refractivity contribution in [3.05, 3.63) is 63.3 Å². The van der Waals surface area contributed by atoms with Crippen LogP contribution in [0.5, 0.6) is 0 Å². The van der Waals surface area contributed by atoms with Crippen molar-refractivity contribution < 1.29 is 4.79 Å². The van der Waals surface area contributed by atoms with Crippen molar-refractivity contribution in [1.29, 1.82) is 0 Å². The Morgan fingerprint density at radius 3 is 2.74 bits per heavy atom. The molecule has 2 aromatic rings. The Kier molecular flexibility index (Phi) is 6.43. The number of nitrogens with one attached hydrogen (secondary N) is 1. The minimum absolute atomic E-state index is 0.0656. The summed E-state index contributed by atoms with van der Waals surface area (Å²) in [4.78, 5) is 34.9. The van der Waals surface area contributed by atoms with Crippen molar-refractivity contribution in [3.63, 3.8) is 0 Å². The quantitative estimate of drug-likeness (QED) is 0.815. The molecule has 0 unspecified atom stereocenters. The standard InChI is InChI=1S/C22H29N3O2/c1-3-5-11-17(4-2)22(27)25-13-12-19-18(15-25)21(26)24-20(23-19)14-16-9-7-6-8-10-16/h6-10,17H,3-5,11-15H2,1-2H3,(H,23,24,26)/t17-/m0/s1. The van der Waals surface area contributed by atoms with Gasteiger partial charge < -0.3 is 9.88 Å². The van der Waals surface area contributed by atoms with Gasteiger partial charge in [0.25, 0.3) is 5.56 Å². The molecule has 144 valence electrons. The van der Waals surface area contributed by atoms with E-state index < -0.39 is 0 Å². The maximum Gasteiger partial charge on any atom is 0.256 e. The smallest absolute Gasteiger partial charge is 0.256 e. The molecule has 1 atom stereocenters. The number of fused-ring (bicyclic) bond motifs is 1. The molecule has 0 spiro atoms. The monoisotopic (exact) mass is 367 g/mol. The second-order valence-corrected chi connectivity index (χ2v) is 7.36. The molecular weight excluding hydrogens is 338 g/mol. The third-order valence-corrected chi connectivity index (χ3v) is 5.39. The molecule has 3 rings (SSSR count). The summed E-state index contributed by atoms with van der Waals surface area (Å²) in [6.07, 6.45) is 5.21. The molecule has 0 radical (unpaired) electrons. The van der Waals surface area contributed by atoms with Gasteiger partial charge in [-0.05, 0) is 18.4 Å². The number of aromatic nitrogens is 2. The molecule has 27 heavy (non-hydrogen) atoms. The second kappa shape index (κ2) is 8.98. The topological polar surface area (TPSA) is 66.1 Å². The highest BCUT2D eigenvalue weighted by Crippen LogP contribution is 2.21. The molecule has 1 N–H and O–H groups in total. The molecule has 1 aliphatic rings. The van der Waals surface area contributed by atoms with Crippen LogP contribution < -0.4 is 5.56 Å². The number of amides is 1. The van der Waals surface area contributed by atoms with Crippen LogP contribution in [0.3, 0.4) is 0 Å². The third-order valence-electron chi connectivity index (χ3n) is 5.39. The fraction of sp³-hybridized carbons (Fsp3) is 0.500. The van der Waals surface area contributed by atoms with Crippen LogP contribution in [0.15, 0.2) is 35.1 Å². The first-order chi connectivity index (χ1) is 13.1. The van der Waals surface area contributed by atoms with E-state index in [1.54, 1.807) is 0 Å². The van der Waals surface area contributed by atoms with Crippen molar-refractivity contribution in [2.45, 2.75) is 58.9 Å². The Hall–Kier alpha value is -2.43. The number of nitrogens with zero attached hydrogens (tertiary/aromatic N) is 2. The lowest BCUT2D eigenvalue weighted by molar-refractivity contribution is -0.136. The first-order valence-corrected chi connectivity index (χ1v) is 10.1. The number of aromatic amines is 1. The van der Waals surface area contributed by atoms with Crippen LogP contribution in [0, 0.1) is 5.92 Å². The van der Waals surface area contributed by atoms with Crippen LogP contribution in [0.4, 0.5) is 0 Å². The van der Waals surface area contributed by atoms with Crippen LogP contribution >= 0.6 is 0 Å². The van der Waals surface area contributed by atoms with E-state index in [1.165, 1.54) is 0 Å². The average Bonchev–Trinajstić information content (AvgIpc) is 2.69. The van der Waals surface area contributed by atoms with Gasteiger partial charge >= 0.3 is 0 Å². The molecule has 0 fully saturated rings. The van der Waals surface area contributed by atoms with Crippen LogP contribution in [-0.4, -0.2) is 27.3 Å². The lowest BCUT2D eigenvalue weighted by Crippen LogP contribution is -2.42. The average molecular weight is 367 g/mol. The van der Waals surface area contributed by atoms with Gasteiger partial charge in [0.1, 0.15) is 5.82 Å². The number of hydrogen-bond donors (Lipinski definition) is 1. The van der Waals surface area contributed by atoms with Gasteiger partial charge in [0.05, 0.1) is 17.8 Å². The van der Waals surface area contributed by atoms with Gasteiger partial charge in [-0.15, -0.1) is 0 Å². The maximum atomic E-state index is 12.9. The van der Waals surface area contributed by atoms with E-state index in [1.807, 2.05) is 35.2 Å². The van der Waals surface area contributed by atoms with Gasteiger partial charge in [0, 0.05) is 25.3 Å². The van der Waals surface area contributed by atoms with Crippen molar-refractivity contribution in [2.24, 2.45) is 5.92 Å². The highest BCUT2D eigenvalue weighted by atomic mass is 16.2. The molecule has 2 heterocycles. The molecule has 5 heteroatoms. The molecule has 0 saturated carbocycles. The summed E-state index contributed by atoms with van der Waals surface area (Å²) in [5, 5.41) is 0. The summed E-state index contributed by atoms with van der Waals surface area (Å²) in [6.45, 7) is 5.24. The largest absolute Gasteiger partial charge is 0.337 e. The van der Waals surface area contributed by atoms with Crippen LogP contribution in [0.25, 0.3) is 0 Å². The zero-order valence-corrected chi connectivity index (χ0v) is 16.3. The number of hydrogen-bond acceptors (Lipinski definition) is 3. The lowest BCUT2D eigenvalue weighted by atomic mass is 9.96. The van der Waals surface area contributed by atoms with Gasteiger partial charge in [-0.1, -0.05) is 57.0 Å². The lowest BCUT2D eigenvalue weighted by Gasteiger charge is -2.31. The molecule has 0 aliphatic carbocycles. The summed E-state index contributed by atoms with van der Waals surface area (Å²) < 4.78 is 0. The highest BCUT2D eigenvalue weighted by molar-refractivity contribution is 5.79. The molecule has 0 bridgehead atoms. The Morgan fingerprint density at radius 2 is 2.04 bits per heavy atom. The van der Waals surface area contributed by atoms with Gasteiger partial charge in [-0.2, -0.15) is 0 Å². The minimum Gasteiger partial charge on any atom is -0.337 e. The summed E-state index contributed by atoms with van der Waals surface area (Å²) in [5.74, 6) is 0.944. The summed E-state index contributed by atoms with van der Waals surface area (Å²) in [7, 11) is 0. The molecule has 1 amide bonds. The zero-order valence-electron chi connectivity index (χ0n) is 16.3. The number of benzene rings is 1. The number of H-pyrrole nitrogens is 1. The Labute approximate surface area is 160 Å².